The number of benzene rings is 1. The zero-order valence-electron chi connectivity index (χ0n) is 10.8. The van der Waals surface area contributed by atoms with Gasteiger partial charge in [-0.25, -0.2) is 0 Å². The minimum absolute atomic E-state index is 0.00490. The van der Waals surface area contributed by atoms with E-state index in [1.807, 2.05) is 24.3 Å². The maximum atomic E-state index is 11.7. The van der Waals surface area contributed by atoms with Crippen LogP contribution < -0.4 is 5.32 Å². The van der Waals surface area contributed by atoms with E-state index in [0.717, 1.165) is 17.4 Å². The molecule has 4 heteroatoms. The van der Waals surface area contributed by atoms with E-state index < -0.39 is 0 Å². The van der Waals surface area contributed by atoms with Crippen LogP contribution in [0.2, 0.25) is 0 Å². The maximum absolute atomic E-state index is 11.7. The van der Waals surface area contributed by atoms with Crippen molar-refractivity contribution in [1.29, 1.82) is 0 Å². The third-order valence-corrected chi connectivity index (χ3v) is 2.82. The Balaban J connectivity index is 1.95. The van der Waals surface area contributed by atoms with E-state index in [1.54, 1.807) is 0 Å². The summed E-state index contributed by atoms with van der Waals surface area (Å²) in [4.78, 5) is 11.7. The Morgan fingerprint density at radius 2 is 2.17 bits per heavy atom. The van der Waals surface area contributed by atoms with E-state index in [0.29, 0.717) is 18.2 Å². The molecule has 1 N–H and O–H groups in total. The highest BCUT2D eigenvalue weighted by Crippen LogP contribution is 2.17. The Kier molecular flexibility index (Phi) is 3.97. The minimum atomic E-state index is -0.00490. The molecular weight excluding hydrogens is 228 g/mol. The molecule has 4 nitrogen and oxygen atoms in total. The van der Waals surface area contributed by atoms with Crippen molar-refractivity contribution in [2.24, 2.45) is 5.92 Å². The van der Waals surface area contributed by atoms with E-state index >= 15 is 0 Å². The van der Waals surface area contributed by atoms with Gasteiger partial charge in [0, 0.05) is 11.9 Å². The lowest BCUT2D eigenvalue weighted by Gasteiger charge is -2.05. The molecule has 1 amide bonds. The number of aromatic nitrogens is 1. The van der Waals surface area contributed by atoms with Gasteiger partial charge in [-0.05, 0) is 24.5 Å². The Morgan fingerprint density at radius 1 is 1.39 bits per heavy atom. The molecule has 0 fully saturated rings. The van der Waals surface area contributed by atoms with Crippen molar-refractivity contribution in [3.63, 3.8) is 0 Å². The molecule has 1 aromatic heterocycles. The number of fused-ring (bicyclic) bond motifs is 1. The van der Waals surface area contributed by atoms with Gasteiger partial charge in [0.05, 0.1) is 6.42 Å². The smallest absolute Gasteiger partial charge is 0.226 e. The average Bonchev–Trinajstić information content (AvgIpc) is 2.72. The normalized spacial score (nSPS) is 11.1. The summed E-state index contributed by atoms with van der Waals surface area (Å²) < 4.78 is 5.16. The molecule has 0 aliphatic carbocycles. The predicted octanol–water partition coefficient (Wildman–Crippen LogP) is 2.53. The molecule has 1 aromatic carbocycles. The molecule has 0 aliphatic heterocycles. The molecule has 0 spiro atoms. The lowest BCUT2D eigenvalue weighted by molar-refractivity contribution is -0.120. The summed E-state index contributed by atoms with van der Waals surface area (Å²) in [6.45, 7) is 4.99. The van der Waals surface area contributed by atoms with Gasteiger partial charge in [0.2, 0.25) is 5.91 Å². The number of nitrogens with zero attached hydrogens (tertiary/aromatic N) is 1. The van der Waals surface area contributed by atoms with Gasteiger partial charge in [0.1, 0.15) is 5.69 Å². The van der Waals surface area contributed by atoms with Crippen molar-refractivity contribution in [2.45, 2.75) is 26.7 Å². The molecule has 1 heterocycles. The van der Waals surface area contributed by atoms with Crippen molar-refractivity contribution in [3.05, 3.63) is 30.0 Å². The molecule has 0 unspecified atom stereocenters. The zero-order chi connectivity index (χ0) is 13.0. The SMILES string of the molecule is CC(C)CCNC(=O)Cc1noc2ccccc12. The Hall–Kier alpha value is -1.84. The van der Waals surface area contributed by atoms with Crippen LogP contribution in [-0.2, 0) is 11.2 Å². The third kappa shape index (κ3) is 3.09. The molecule has 2 rings (SSSR count). The topological polar surface area (TPSA) is 55.1 Å². The summed E-state index contributed by atoms with van der Waals surface area (Å²) in [5.41, 5.74) is 1.43. The van der Waals surface area contributed by atoms with Crippen LogP contribution in [0, 0.1) is 5.92 Å². The first-order valence-electron chi connectivity index (χ1n) is 6.27. The van der Waals surface area contributed by atoms with E-state index in [-0.39, 0.29) is 12.3 Å². The number of rotatable bonds is 5. The fourth-order valence-electron chi connectivity index (χ4n) is 1.78. The number of amides is 1. The van der Waals surface area contributed by atoms with Gasteiger partial charge in [0.15, 0.2) is 5.58 Å². The monoisotopic (exact) mass is 246 g/mol. The predicted molar refractivity (Wildman–Crippen MR) is 70.2 cm³/mol. The van der Waals surface area contributed by atoms with Crippen LogP contribution in [0.5, 0.6) is 0 Å². The van der Waals surface area contributed by atoms with Crippen molar-refractivity contribution in [3.8, 4) is 0 Å². The number of carbonyl (C=O) groups is 1. The second-order valence-corrected chi connectivity index (χ2v) is 4.83. The number of hydrogen-bond donors (Lipinski definition) is 1. The third-order valence-electron chi connectivity index (χ3n) is 2.82. The van der Waals surface area contributed by atoms with Gasteiger partial charge in [-0.15, -0.1) is 0 Å². The van der Waals surface area contributed by atoms with E-state index in [1.165, 1.54) is 0 Å². The van der Waals surface area contributed by atoms with Crippen molar-refractivity contribution in [1.82, 2.24) is 10.5 Å². The Labute approximate surface area is 106 Å². The molecule has 2 aromatic rings. The summed E-state index contributed by atoms with van der Waals surface area (Å²) in [6.07, 6.45) is 1.26. The molecule has 0 bridgehead atoms. The largest absolute Gasteiger partial charge is 0.356 e. The van der Waals surface area contributed by atoms with Crippen molar-refractivity contribution in [2.75, 3.05) is 6.54 Å². The summed E-state index contributed by atoms with van der Waals surface area (Å²) in [5.74, 6) is 0.591. The number of hydrogen-bond acceptors (Lipinski definition) is 3. The quantitative estimate of drug-likeness (QED) is 0.882. The van der Waals surface area contributed by atoms with Crippen LogP contribution in [0.1, 0.15) is 26.0 Å². The first kappa shape index (κ1) is 12.6. The number of carbonyl (C=O) groups excluding carboxylic acids is 1. The molecule has 18 heavy (non-hydrogen) atoms. The average molecular weight is 246 g/mol. The first-order valence-corrected chi connectivity index (χ1v) is 6.27. The number of nitrogens with one attached hydrogen (secondary N) is 1. The van der Waals surface area contributed by atoms with Gasteiger partial charge >= 0.3 is 0 Å². The second kappa shape index (κ2) is 5.67. The van der Waals surface area contributed by atoms with Crippen LogP contribution in [-0.4, -0.2) is 17.6 Å². The molecule has 0 aliphatic rings. The van der Waals surface area contributed by atoms with E-state index in [9.17, 15) is 4.79 Å². The molecule has 0 saturated carbocycles. The van der Waals surface area contributed by atoms with Crippen LogP contribution >= 0.6 is 0 Å². The van der Waals surface area contributed by atoms with Gasteiger partial charge in [-0.1, -0.05) is 31.1 Å². The van der Waals surface area contributed by atoms with Crippen molar-refractivity contribution < 1.29 is 9.32 Å². The Bertz CT molecular complexity index is 531. The van der Waals surface area contributed by atoms with Crippen molar-refractivity contribution >= 4 is 16.9 Å². The van der Waals surface area contributed by atoms with Gasteiger partial charge in [-0.3, -0.25) is 4.79 Å². The standard InChI is InChI=1S/C14H18N2O2/c1-10(2)7-8-15-14(17)9-12-11-5-3-4-6-13(11)18-16-12/h3-6,10H,7-9H2,1-2H3,(H,15,17). The molecule has 0 saturated heterocycles. The van der Waals surface area contributed by atoms with Gasteiger partial charge in [-0.2, -0.15) is 0 Å². The molecule has 96 valence electrons. The maximum Gasteiger partial charge on any atom is 0.226 e. The summed E-state index contributed by atoms with van der Waals surface area (Å²) >= 11 is 0. The number of para-hydroxylation sites is 1. The Morgan fingerprint density at radius 3 is 2.94 bits per heavy atom. The van der Waals surface area contributed by atoms with Gasteiger partial charge in [0.25, 0.3) is 0 Å². The second-order valence-electron chi connectivity index (χ2n) is 4.83. The van der Waals surface area contributed by atoms with Crippen LogP contribution in [0.3, 0.4) is 0 Å². The molecule has 0 radical (unpaired) electrons. The van der Waals surface area contributed by atoms with Crippen LogP contribution in [0.4, 0.5) is 0 Å². The highest BCUT2D eigenvalue weighted by Gasteiger charge is 2.11. The fraction of sp³-hybridized carbons (Fsp3) is 0.429. The lowest BCUT2D eigenvalue weighted by atomic mass is 10.1. The van der Waals surface area contributed by atoms with Crippen LogP contribution in [0.25, 0.3) is 11.0 Å². The lowest BCUT2D eigenvalue weighted by Crippen LogP contribution is -2.27. The highest BCUT2D eigenvalue weighted by atomic mass is 16.5. The van der Waals surface area contributed by atoms with E-state index in [2.05, 4.69) is 24.3 Å². The molecular formula is C14H18N2O2. The molecule has 0 atom stereocenters. The first-order chi connectivity index (χ1) is 8.66. The minimum Gasteiger partial charge on any atom is -0.356 e. The van der Waals surface area contributed by atoms with E-state index in [4.69, 9.17) is 4.52 Å². The van der Waals surface area contributed by atoms with Crippen LogP contribution in [0.15, 0.2) is 28.8 Å². The highest BCUT2D eigenvalue weighted by molar-refractivity contribution is 5.86. The summed E-state index contributed by atoms with van der Waals surface area (Å²) in [7, 11) is 0. The summed E-state index contributed by atoms with van der Waals surface area (Å²) in [6, 6.07) is 7.57. The zero-order valence-corrected chi connectivity index (χ0v) is 10.8. The fourth-order valence-corrected chi connectivity index (χ4v) is 1.78. The van der Waals surface area contributed by atoms with Gasteiger partial charge < -0.3 is 9.84 Å². The summed E-state index contributed by atoms with van der Waals surface area (Å²) in [5, 5.41) is 7.75.